The minimum Gasteiger partial charge on any atom is -0.356 e. The zero-order valence-electron chi connectivity index (χ0n) is 11.3. The van der Waals surface area contributed by atoms with Crippen LogP contribution in [0.15, 0.2) is 45.3 Å². The summed E-state index contributed by atoms with van der Waals surface area (Å²) in [6.07, 6.45) is 2.70. The van der Waals surface area contributed by atoms with Crippen molar-refractivity contribution in [3.8, 4) is 0 Å². The normalized spacial score (nSPS) is 11.4. The lowest BCUT2D eigenvalue weighted by molar-refractivity contribution is 0.788. The summed E-state index contributed by atoms with van der Waals surface area (Å²) in [5.74, 6) is 0.811. The lowest BCUT2D eigenvalue weighted by Gasteiger charge is -2.10. The van der Waals surface area contributed by atoms with Crippen LogP contribution in [0.1, 0.15) is 10.6 Å². The van der Waals surface area contributed by atoms with Crippen LogP contribution in [0.3, 0.4) is 0 Å². The van der Waals surface area contributed by atoms with Crippen LogP contribution in [0.2, 0.25) is 0 Å². The molecule has 4 nitrogen and oxygen atoms in total. The van der Waals surface area contributed by atoms with Gasteiger partial charge in [0.2, 0.25) is 0 Å². The summed E-state index contributed by atoms with van der Waals surface area (Å²) >= 11 is 5.18. The van der Waals surface area contributed by atoms with E-state index in [0.29, 0.717) is 0 Å². The molecule has 2 rings (SSSR count). The van der Waals surface area contributed by atoms with Crippen LogP contribution in [0, 0.1) is 0 Å². The van der Waals surface area contributed by atoms with Crippen LogP contribution in [0.5, 0.6) is 0 Å². The number of pyridine rings is 1. The predicted octanol–water partition coefficient (Wildman–Crippen LogP) is 2.81. The van der Waals surface area contributed by atoms with Gasteiger partial charge in [0, 0.05) is 36.8 Å². The van der Waals surface area contributed by atoms with E-state index >= 15 is 0 Å². The van der Waals surface area contributed by atoms with Gasteiger partial charge in [-0.15, -0.1) is 11.3 Å². The first kappa shape index (κ1) is 15.0. The Kier molecular flexibility index (Phi) is 6.01. The second-order valence-electron chi connectivity index (χ2n) is 4.13. The molecule has 0 aliphatic carbocycles. The van der Waals surface area contributed by atoms with Crippen molar-refractivity contribution in [2.24, 2.45) is 4.99 Å². The average molecular weight is 353 g/mol. The Morgan fingerprint density at radius 2 is 2.20 bits per heavy atom. The number of aromatic nitrogens is 1. The molecule has 0 saturated heterocycles. The Bertz CT molecular complexity index is 553. The number of guanidine groups is 1. The minimum absolute atomic E-state index is 0.777. The molecule has 2 aromatic heterocycles. The van der Waals surface area contributed by atoms with Crippen LogP contribution in [0.4, 0.5) is 0 Å². The van der Waals surface area contributed by atoms with Crippen LogP contribution < -0.4 is 10.6 Å². The quantitative estimate of drug-likeness (QED) is 0.642. The molecule has 0 aromatic carbocycles. The molecule has 2 heterocycles. The third kappa shape index (κ3) is 4.94. The fourth-order valence-corrected chi connectivity index (χ4v) is 3.12. The average Bonchev–Trinajstić information content (AvgIpc) is 2.89. The third-order valence-electron chi connectivity index (χ3n) is 2.68. The Morgan fingerprint density at radius 1 is 1.30 bits per heavy atom. The number of rotatable bonds is 5. The summed E-state index contributed by atoms with van der Waals surface area (Å²) in [6, 6.07) is 10.1. The van der Waals surface area contributed by atoms with E-state index in [-0.39, 0.29) is 0 Å². The molecule has 2 N–H and O–H groups in total. The molecule has 2 aromatic rings. The fraction of sp³-hybridized carbons (Fsp3) is 0.286. The van der Waals surface area contributed by atoms with Gasteiger partial charge in [0.15, 0.2) is 5.96 Å². The van der Waals surface area contributed by atoms with E-state index in [4.69, 9.17) is 0 Å². The number of hydrogen-bond acceptors (Lipinski definition) is 3. The minimum atomic E-state index is 0.777. The first-order valence-electron chi connectivity index (χ1n) is 6.36. The number of hydrogen-bond donors (Lipinski definition) is 2. The third-order valence-corrected chi connectivity index (χ3v) is 4.31. The van der Waals surface area contributed by atoms with Gasteiger partial charge >= 0.3 is 0 Å². The van der Waals surface area contributed by atoms with Crippen molar-refractivity contribution < 1.29 is 0 Å². The molecule has 0 fully saturated rings. The molecule has 20 heavy (non-hydrogen) atoms. The van der Waals surface area contributed by atoms with Crippen LogP contribution in [-0.2, 0) is 13.0 Å². The highest BCUT2D eigenvalue weighted by molar-refractivity contribution is 9.11. The SMILES string of the molecule is CN=C(NCCc1ccccn1)NCc1ccc(Br)s1. The number of nitrogens with one attached hydrogen (secondary N) is 2. The topological polar surface area (TPSA) is 49.3 Å². The van der Waals surface area contributed by atoms with Crippen LogP contribution in [0.25, 0.3) is 0 Å². The lowest BCUT2D eigenvalue weighted by atomic mass is 10.3. The lowest BCUT2D eigenvalue weighted by Crippen LogP contribution is -2.37. The molecular formula is C14H17BrN4S. The molecule has 0 atom stereocenters. The maximum Gasteiger partial charge on any atom is 0.191 e. The van der Waals surface area contributed by atoms with Gasteiger partial charge in [-0.3, -0.25) is 9.98 Å². The van der Waals surface area contributed by atoms with Crippen molar-refractivity contribution in [2.45, 2.75) is 13.0 Å². The first-order valence-corrected chi connectivity index (χ1v) is 7.97. The molecule has 0 saturated carbocycles. The van der Waals surface area contributed by atoms with Gasteiger partial charge in [-0.2, -0.15) is 0 Å². The Morgan fingerprint density at radius 3 is 2.85 bits per heavy atom. The molecule has 0 unspecified atom stereocenters. The molecular weight excluding hydrogens is 336 g/mol. The highest BCUT2D eigenvalue weighted by Crippen LogP contribution is 2.21. The summed E-state index contributed by atoms with van der Waals surface area (Å²) in [5.41, 5.74) is 1.08. The summed E-state index contributed by atoms with van der Waals surface area (Å²) in [4.78, 5) is 9.77. The molecule has 0 bridgehead atoms. The van der Waals surface area contributed by atoms with E-state index in [1.54, 1.807) is 18.4 Å². The van der Waals surface area contributed by atoms with Crippen molar-refractivity contribution in [2.75, 3.05) is 13.6 Å². The predicted molar refractivity (Wildman–Crippen MR) is 88.2 cm³/mol. The van der Waals surface area contributed by atoms with E-state index in [1.165, 1.54) is 4.88 Å². The van der Waals surface area contributed by atoms with Gasteiger partial charge in [-0.25, -0.2) is 0 Å². The summed E-state index contributed by atoms with van der Waals surface area (Å²) in [6.45, 7) is 1.59. The van der Waals surface area contributed by atoms with Crippen molar-refractivity contribution in [3.05, 3.63) is 50.9 Å². The van der Waals surface area contributed by atoms with Gasteiger partial charge in [0.25, 0.3) is 0 Å². The second kappa shape index (κ2) is 8.01. The van der Waals surface area contributed by atoms with Gasteiger partial charge in [0.1, 0.15) is 0 Å². The zero-order valence-corrected chi connectivity index (χ0v) is 13.7. The monoisotopic (exact) mass is 352 g/mol. The maximum absolute atomic E-state index is 4.29. The van der Waals surface area contributed by atoms with Crippen molar-refractivity contribution in [1.82, 2.24) is 15.6 Å². The van der Waals surface area contributed by atoms with Crippen molar-refractivity contribution >= 4 is 33.2 Å². The Hall–Kier alpha value is -1.40. The van der Waals surface area contributed by atoms with Gasteiger partial charge in [0.05, 0.1) is 10.3 Å². The Balaban J connectivity index is 1.73. The van der Waals surface area contributed by atoms with Crippen LogP contribution >= 0.6 is 27.3 Å². The number of thiophene rings is 1. The fourth-order valence-electron chi connectivity index (χ4n) is 1.69. The zero-order chi connectivity index (χ0) is 14.2. The Labute approximate surface area is 131 Å². The van der Waals surface area contributed by atoms with E-state index in [1.807, 2.05) is 24.4 Å². The first-order chi connectivity index (χ1) is 9.78. The highest BCUT2D eigenvalue weighted by atomic mass is 79.9. The van der Waals surface area contributed by atoms with E-state index < -0.39 is 0 Å². The molecule has 0 aliphatic rings. The van der Waals surface area contributed by atoms with Crippen molar-refractivity contribution in [3.63, 3.8) is 0 Å². The van der Waals surface area contributed by atoms with Crippen molar-refractivity contribution in [1.29, 1.82) is 0 Å². The van der Waals surface area contributed by atoms with Gasteiger partial charge in [-0.1, -0.05) is 6.07 Å². The number of halogens is 1. The summed E-state index contributed by atoms with van der Waals surface area (Å²) in [5, 5.41) is 6.58. The maximum atomic E-state index is 4.29. The summed E-state index contributed by atoms with van der Waals surface area (Å²) in [7, 11) is 1.78. The van der Waals surface area contributed by atoms with Gasteiger partial charge in [-0.05, 0) is 40.2 Å². The van der Waals surface area contributed by atoms with E-state index in [2.05, 4.69) is 48.7 Å². The van der Waals surface area contributed by atoms with E-state index in [0.717, 1.165) is 35.0 Å². The molecule has 0 amide bonds. The standard InChI is InChI=1S/C14H17BrN4S/c1-16-14(19-10-12-5-6-13(15)20-12)18-9-7-11-4-2-3-8-17-11/h2-6,8H,7,9-10H2,1H3,(H2,16,18,19). The number of aliphatic imine (C=N–C) groups is 1. The molecule has 0 spiro atoms. The van der Waals surface area contributed by atoms with E-state index in [9.17, 15) is 0 Å². The smallest absolute Gasteiger partial charge is 0.191 e. The molecule has 0 aliphatic heterocycles. The number of nitrogens with zero attached hydrogens (tertiary/aromatic N) is 2. The molecule has 6 heteroatoms. The van der Waals surface area contributed by atoms with Gasteiger partial charge < -0.3 is 10.6 Å². The largest absolute Gasteiger partial charge is 0.356 e. The highest BCUT2D eigenvalue weighted by Gasteiger charge is 2.01. The molecule has 0 radical (unpaired) electrons. The molecule has 106 valence electrons. The summed E-state index contributed by atoms with van der Waals surface area (Å²) < 4.78 is 1.15. The second-order valence-corrected chi connectivity index (χ2v) is 6.68. The van der Waals surface area contributed by atoms with Crippen LogP contribution in [-0.4, -0.2) is 24.5 Å².